The molecule has 57 heavy (non-hydrogen) atoms. The van der Waals surface area contributed by atoms with Crippen molar-refractivity contribution in [3.8, 4) is 11.5 Å². The van der Waals surface area contributed by atoms with Gasteiger partial charge in [0.15, 0.2) is 11.8 Å². The van der Waals surface area contributed by atoms with Gasteiger partial charge in [-0.15, -0.1) is 0 Å². The third kappa shape index (κ3) is 9.62. The van der Waals surface area contributed by atoms with Gasteiger partial charge in [-0.25, -0.2) is 0 Å². The number of halogens is 2. The van der Waals surface area contributed by atoms with Crippen molar-refractivity contribution in [1.29, 1.82) is 0 Å². The summed E-state index contributed by atoms with van der Waals surface area (Å²) in [6, 6.07) is 12.8. The Hall–Kier alpha value is -2.49. The molecule has 2 aromatic carbocycles. The van der Waals surface area contributed by atoms with Crippen LogP contribution in [0.1, 0.15) is 112 Å². The zero-order valence-corrected chi connectivity index (χ0v) is 37.0. The monoisotopic (exact) mass is 1000 g/mol. The van der Waals surface area contributed by atoms with E-state index in [0.29, 0.717) is 73.4 Å². The Bertz CT molecular complexity index is 1660. The Morgan fingerprint density at radius 3 is 1.47 bits per heavy atom. The molecule has 8 atom stereocenters. The minimum atomic E-state index is -0.472. The Kier molecular flexibility index (Phi) is 15.2. The summed E-state index contributed by atoms with van der Waals surface area (Å²) in [6.07, 6.45) is 12.5. The average molecular weight is 1000 g/mol. The van der Waals surface area contributed by atoms with E-state index in [1.54, 1.807) is 0 Å². The Morgan fingerprint density at radius 1 is 0.684 bits per heavy atom. The van der Waals surface area contributed by atoms with E-state index in [2.05, 4.69) is 48.7 Å². The van der Waals surface area contributed by atoms with Crippen molar-refractivity contribution in [3.63, 3.8) is 0 Å². The summed E-state index contributed by atoms with van der Waals surface area (Å²) < 4.78 is 11.7. The zero-order chi connectivity index (χ0) is 40.7. The number of carbonyl (C=O) groups is 4. The van der Waals surface area contributed by atoms with Gasteiger partial charge in [0.1, 0.15) is 36.3 Å². The van der Waals surface area contributed by atoms with Gasteiger partial charge in [0, 0.05) is 23.7 Å². The van der Waals surface area contributed by atoms with Crippen LogP contribution in [-0.4, -0.2) is 62.8 Å². The predicted octanol–water partition coefficient (Wildman–Crippen LogP) is 8.69. The second-order valence-electron chi connectivity index (χ2n) is 17.2. The molecule has 314 valence electrons. The number of hydrogen-bond donors (Lipinski definition) is 2. The molecule has 6 aliphatic rings. The van der Waals surface area contributed by atoms with Crippen LogP contribution in [-0.2, 0) is 48.5 Å². The Morgan fingerprint density at radius 2 is 1.09 bits per heavy atom. The number of aryl methyl sites for hydroxylation is 2. The molecule has 8 rings (SSSR count). The van der Waals surface area contributed by atoms with Gasteiger partial charge in [0.05, 0.1) is 13.1 Å². The first-order valence-corrected chi connectivity index (χ1v) is 26.3. The third-order valence-electron chi connectivity index (χ3n) is 14.5. The van der Waals surface area contributed by atoms with E-state index < -0.39 is 16.5 Å². The van der Waals surface area contributed by atoms with Gasteiger partial charge >= 0.3 is 35.3 Å². The van der Waals surface area contributed by atoms with Crippen molar-refractivity contribution < 1.29 is 45.1 Å². The van der Waals surface area contributed by atoms with Crippen molar-refractivity contribution in [2.24, 2.45) is 34.5 Å². The number of rotatable bonds is 10. The number of fused-ring (bicyclic) bond motifs is 10. The second kappa shape index (κ2) is 19.7. The summed E-state index contributed by atoms with van der Waals surface area (Å²) in [5.41, 5.74) is 19.5. The molecule has 4 fully saturated rings. The molecule has 0 heterocycles. The predicted molar refractivity (Wildman–Crippen MR) is 219 cm³/mol. The molecule has 0 saturated heterocycles. The minimum absolute atomic E-state index is 0.0805. The quantitative estimate of drug-likeness (QED) is 0.227. The van der Waals surface area contributed by atoms with Gasteiger partial charge in [-0.05, 0) is 146 Å². The van der Waals surface area contributed by atoms with Crippen LogP contribution in [0.4, 0.5) is 0 Å². The molecule has 0 aliphatic heterocycles. The van der Waals surface area contributed by atoms with E-state index in [-0.39, 0.29) is 35.7 Å². The molecular formula is C44H58Cl2N4O6Pt. The zero-order valence-electron chi connectivity index (χ0n) is 33.2. The van der Waals surface area contributed by atoms with Crippen LogP contribution in [0.25, 0.3) is 11.5 Å². The molecule has 0 bridgehead atoms. The van der Waals surface area contributed by atoms with E-state index in [1.165, 1.54) is 35.1 Å². The maximum atomic E-state index is 12.5. The molecule has 0 radical (unpaired) electrons. The van der Waals surface area contributed by atoms with Gasteiger partial charge < -0.3 is 31.6 Å². The number of ketones is 2. The Balaban J connectivity index is 0.000000180. The van der Waals surface area contributed by atoms with Crippen LogP contribution < -0.4 is 20.1 Å². The van der Waals surface area contributed by atoms with Crippen LogP contribution in [0.3, 0.4) is 0 Å². The van der Waals surface area contributed by atoms with Crippen molar-refractivity contribution >= 4 is 42.2 Å². The molecule has 13 heteroatoms. The molecule has 8 unspecified atom stereocenters. The number of benzene rings is 2. The third-order valence-corrected chi connectivity index (χ3v) is 14.5. The fourth-order valence-corrected chi connectivity index (χ4v) is 11.7. The van der Waals surface area contributed by atoms with E-state index in [9.17, 15) is 19.2 Å². The molecule has 10 nitrogen and oxygen atoms in total. The van der Waals surface area contributed by atoms with E-state index in [4.69, 9.17) is 39.8 Å². The van der Waals surface area contributed by atoms with Gasteiger partial charge in [-0.1, -0.05) is 39.1 Å². The van der Waals surface area contributed by atoms with Crippen LogP contribution in [0.5, 0.6) is 11.5 Å². The number of carbonyl (C=O) groups excluding carboxylic acids is 4. The van der Waals surface area contributed by atoms with Gasteiger partial charge in [0.2, 0.25) is 0 Å². The summed E-state index contributed by atoms with van der Waals surface area (Å²) in [5.74, 6) is 5.55. The SMILES string of the molecule is CC12CCC3c4cc(OCCNC(=O)C[NH-])ccc4CCC3C1CCC2=O.CC12CCC3c4cc(OCCNC(=O)C[NH-])ccc4CCC3C1CCC2=O.[Cl][Pt+2][Cl]. The second-order valence-corrected chi connectivity index (χ2v) is 20.5. The first-order chi connectivity index (χ1) is 27.5. The Labute approximate surface area is 354 Å². The first kappa shape index (κ1) is 44.1. The summed E-state index contributed by atoms with van der Waals surface area (Å²) in [4.78, 5) is 47.2. The number of amides is 2. The summed E-state index contributed by atoms with van der Waals surface area (Å²) >= 11 is -0.472. The molecule has 6 aliphatic carbocycles. The topological polar surface area (TPSA) is 158 Å². The van der Waals surface area contributed by atoms with E-state index in [1.807, 2.05) is 12.1 Å². The van der Waals surface area contributed by atoms with Crippen molar-refractivity contribution in [1.82, 2.24) is 10.6 Å². The number of Topliss-reactive ketones (excluding diaryl/α,β-unsaturated/α-hetero) is 2. The van der Waals surface area contributed by atoms with Crippen LogP contribution in [0, 0.1) is 34.5 Å². The van der Waals surface area contributed by atoms with Gasteiger partial charge in [-0.2, -0.15) is 0 Å². The van der Waals surface area contributed by atoms with Crippen LogP contribution >= 0.6 is 18.8 Å². The molecule has 2 amide bonds. The molecule has 4 saturated carbocycles. The molecule has 0 spiro atoms. The first-order valence-electron chi connectivity index (χ1n) is 20.7. The molecule has 4 N–H and O–H groups in total. The fraction of sp³-hybridized carbons (Fsp3) is 0.636. The van der Waals surface area contributed by atoms with E-state index in [0.717, 1.165) is 75.7 Å². The summed E-state index contributed by atoms with van der Waals surface area (Å²) in [6.45, 7) is 5.59. The number of nitrogens with one attached hydrogen (secondary N) is 4. The molecule has 2 aromatic rings. The van der Waals surface area contributed by atoms with Crippen LogP contribution in [0.2, 0.25) is 0 Å². The van der Waals surface area contributed by atoms with Crippen molar-refractivity contribution in [3.05, 3.63) is 70.1 Å². The van der Waals surface area contributed by atoms with Gasteiger partial charge in [0.25, 0.3) is 0 Å². The number of ether oxygens (including phenoxy) is 2. The van der Waals surface area contributed by atoms with Crippen LogP contribution in [0.15, 0.2) is 36.4 Å². The van der Waals surface area contributed by atoms with Crippen molar-refractivity contribution in [2.45, 2.75) is 103 Å². The standard InChI is InChI=1S/2C22H29N2O3.2ClH.Pt/c2*1-22-9-8-16-17(19(22)6-7-20(22)25)5-3-14-2-4-15(12-18(14)16)27-11-10-24-21(26)13-23;;;/h2*2,4,12,16-17,19,23H,3,5-11,13H2,1H3,(H,24,26);2*1H;/q2*-1;;;+4/p-2. The summed E-state index contributed by atoms with van der Waals surface area (Å²) in [5, 5.41) is 5.32. The normalized spacial score (nSPS) is 30.4. The number of hydrogen-bond acceptors (Lipinski definition) is 6. The molecule has 0 aromatic heterocycles. The average Bonchev–Trinajstić information content (AvgIpc) is 3.71. The molecular weight excluding hydrogens is 946 g/mol. The summed E-state index contributed by atoms with van der Waals surface area (Å²) in [7, 11) is 9.75. The maximum absolute atomic E-state index is 12.5. The fourth-order valence-electron chi connectivity index (χ4n) is 11.7. The van der Waals surface area contributed by atoms with E-state index >= 15 is 0 Å². The van der Waals surface area contributed by atoms with Gasteiger partial charge in [-0.3, -0.25) is 19.2 Å². The van der Waals surface area contributed by atoms with Crippen molar-refractivity contribution in [2.75, 3.05) is 39.4 Å².